The van der Waals surface area contributed by atoms with Gasteiger partial charge in [0.25, 0.3) is 5.91 Å². The van der Waals surface area contributed by atoms with Crippen molar-refractivity contribution in [1.82, 2.24) is 24.5 Å². The van der Waals surface area contributed by atoms with E-state index in [9.17, 15) is 18.0 Å². The largest absolute Gasteiger partial charge is 0.435 e. The maximum atomic E-state index is 13.5. The van der Waals surface area contributed by atoms with E-state index in [2.05, 4.69) is 5.10 Å². The Morgan fingerprint density at radius 1 is 1.09 bits per heavy atom. The molecule has 9 heteroatoms. The van der Waals surface area contributed by atoms with Gasteiger partial charge in [0.2, 0.25) is 0 Å². The Morgan fingerprint density at radius 3 is 2.56 bits per heavy atom. The van der Waals surface area contributed by atoms with E-state index in [1.54, 1.807) is 11.7 Å². The second-order valence-corrected chi connectivity index (χ2v) is 8.76. The maximum absolute atomic E-state index is 13.5. The van der Waals surface area contributed by atoms with Gasteiger partial charge in [-0.3, -0.25) is 14.2 Å². The molecule has 0 N–H and O–H groups in total. The Bertz CT molecular complexity index is 1210. The van der Waals surface area contributed by atoms with Gasteiger partial charge in [-0.05, 0) is 50.8 Å². The van der Waals surface area contributed by atoms with E-state index in [0.717, 1.165) is 42.1 Å². The first-order valence-corrected chi connectivity index (χ1v) is 10.7. The summed E-state index contributed by atoms with van der Waals surface area (Å²) in [6.45, 7) is 1.96. The van der Waals surface area contributed by atoms with Gasteiger partial charge in [-0.15, -0.1) is 0 Å². The van der Waals surface area contributed by atoms with Crippen molar-refractivity contribution < 1.29 is 18.0 Å². The molecule has 5 rings (SSSR count). The normalized spacial score (nSPS) is 20.4. The summed E-state index contributed by atoms with van der Waals surface area (Å²) in [6, 6.07) is 8.46. The monoisotopic (exact) mass is 443 g/mol. The highest BCUT2D eigenvalue weighted by atomic mass is 19.4. The Kier molecular flexibility index (Phi) is 4.69. The smallest absolute Gasteiger partial charge is 0.327 e. The molecule has 2 atom stereocenters. The SMILES string of the molecule is Cc1cccc(C(=O)N2[C@H]3CCC[C@@H]2c2nn(C)c(-c4cc(C(F)(F)F)nn4C)c2C3)c1. The number of hydrogen-bond acceptors (Lipinski definition) is 3. The fraction of sp³-hybridized carbons (Fsp3) is 0.435. The number of carbonyl (C=O) groups is 1. The zero-order valence-electron chi connectivity index (χ0n) is 18.1. The molecule has 0 radical (unpaired) electrons. The highest BCUT2D eigenvalue weighted by Crippen LogP contribution is 2.45. The lowest BCUT2D eigenvalue weighted by molar-refractivity contribution is -0.141. The number of piperidine rings is 1. The van der Waals surface area contributed by atoms with Crippen LogP contribution in [-0.2, 0) is 26.7 Å². The number of aromatic nitrogens is 4. The number of hydrogen-bond donors (Lipinski definition) is 0. The molecule has 32 heavy (non-hydrogen) atoms. The first kappa shape index (κ1) is 20.8. The van der Waals surface area contributed by atoms with Crippen LogP contribution in [0.3, 0.4) is 0 Å². The van der Waals surface area contributed by atoms with Crippen molar-refractivity contribution >= 4 is 5.91 Å². The number of alkyl halides is 3. The standard InChI is InChI=1S/C23H24F3N5O/c1-13-6-4-7-14(10-13)22(32)31-15-8-5-9-17(31)20-16(11-15)21(30(3)28-20)18-12-19(23(24,25)26)27-29(18)2/h4,6-7,10,12,15,17H,5,8-9,11H2,1-3H3/t15-,17+/m0/s1. The van der Waals surface area contributed by atoms with Gasteiger partial charge in [0.1, 0.15) is 0 Å². The zero-order valence-corrected chi connectivity index (χ0v) is 18.1. The van der Waals surface area contributed by atoms with E-state index in [1.165, 1.54) is 11.7 Å². The number of fused-ring (bicyclic) bond motifs is 4. The summed E-state index contributed by atoms with van der Waals surface area (Å²) in [6.07, 6.45) is -1.30. The number of benzene rings is 1. The van der Waals surface area contributed by atoms with Crippen LogP contribution in [0.1, 0.15) is 58.2 Å². The van der Waals surface area contributed by atoms with Gasteiger partial charge in [0.15, 0.2) is 5.69 Å². The summed E-state index contributed by atoms with van der Waals surface area (Å²) in [5, 5.41) is 8.38. The van der Waals surface area contributed by atoms with Crippen LogP contribution in [-0.4, -0.2) is 36.4 Å². The lowest BCUT2D eigenvalue weighted by Crippen LogP contribution is -2.49. The number of aryl methyl sites for hydroxylation is 3. The van der Waals surface area contributed by atoms with Crippen LogP contribution in [0.5, 0.6) is 0 Å². The summed E-state index contributed by atoms with van der Waals surface area (Å²) in [5.74, 6) is -0.0128. The van der Waals surface area contributed by atoms with Gasteiger partial charge in [-0.2, -0.15) is 23.4 Å². The summed E-state index contributed by atoms with van der Waals surface area (Å²) >= 11 is 0. The van der Waals surface area contributed by atoms with E-state index < -0.39 is 11.9 Å². The molecule has 168 valence electrons. The zero-order chi connectivity index (χ0) is 22.8. The molecule has 3 aromatic rings. The van der Waals surface area contributed by atoms with Crippen molar-refractivity contribution in [2.24, 2.45) is 14.1 Å². The second-order valence-electron chi connectivity index (χ2n) is 8.76. The van der Waals surface area contributed by atoms with Crippen molar-refractivity contribution in [3.63, 3.8) is 0 Å². The summed E-state index contributed by atoms with van der Waals surface area (Å²) in [7, 11) is 3.26. The van der Waals surface area contributed by atoms with E-state index in [1.807, 2.05) is 36.1 Å². The number of carbonyl (C=O) groups excluding carboxylic acids is 1. The minimum Gasteiger partial charge on any atom is -0.327 e. The number of amides is 1. The second kappa shape index (κ2) is 7.21. The Balaban J connectivity index is 1.58. The molecule has 6 nitrogen and oxygen atoms in total. The van der Waals surface area contributed by atoms with Gasteiger partial charge in [-0.25, -0.2) is 0 Å². The van der Waals surface area contributed by atoms with Crippen LogP contribution in [0.25, 0.3) is 11.4 Å². The van der Waals surface area contributed by atoms with Crippen molar-refractivity contribution in [3.05, 3.63) is 58.4 Å². The molecule has 2 aromatic heterocycles. The maximum Gasteiger partial charge on any atom is 0.435 e. The quantitative estimate of drug-likeness (QED) is 0.589. The molecule has 1 aromatic carbocycles. The minimum atomic E-state index is -4.51. The van der Waals surface area contributed by atoms with E-state index in [0.29, 0.717) is 23.4 Å². The lowest BCUT2D eigenvalue weighted by atomic mass is 9.81. The number of nitrogens with zero attached hydrogens (tertiary/aromatic N) is 5. The van der Waals surface area contributed by atoms with Gasteiger partial charge in [0, 0.05) is 31.3 Å². The van der Waals surface area contributed by atoms with Crippen molar-refractivity contribution in [1.29, 1.82) is 0 Å². The number of rotatable bonds is 2. The molecule has 0 aliphatic carbocycles. The molecule has 0 saturated carbocycles. The predicted octanol–water partition coefficient (Wildman–Crippen LogP) is 4.44. The molecular formula is C23H24F3N5O. The Morgan fingerprint density at radius 2 is 1.88 bits per heavy atom. The molecule has 2 bridgehead atoms. The van der Waals surface area contributed by atoms with Crippen LogP contribution in [0.15, 0.2) is 30.3 Å². The van der Waals surface area contributed by atoms with Gasteiger partial charge in [-0.1, -0.05) is 17.7 Å². The van der Waals surface area contributed by atoms with E-state index >= 15 is 0 Å². The summed E-state index contributed by atoms with van der Waals surface area (Å²) in [5.41, 5.74) is 3.49. The number of halogens is 3. The van der Waals surface area contributed by atoms with Crippen LogP contribution in [0.4, 0.5) is 13.2 Å². The molecule has 1 fully saturated rings. The third-order valence-electron chi connectivity index (χ3n) is 6.59. The van der Waals surface area contributed by atoms with E-state index in [4.69, 9.17) is 5.10 Å². The van der Waals surface area contributed by atoms with Crippen molar-refractivity contribution in [2.75, 3.05) is 0 Å². The van der Waals surface area contributed by atoms with Crippen LogP contribution < -0.4 is 0 Å². The molecule has 1 saturated heterocycles. The molecule has 0 spiro atoms. The van der Waals surface area contributed by atoms with E-state index in [-0.39, 0.29) is 18.0 Å². The van der Waals surface area contributed by atoms with Gasteiger partial charge < -0.3 is 4.90 Å². The average molecular weight is 443 g/mol. The first-order chi connectivity index (χ1) is 15.1. The Labute approximate surface area is 183 Å². The fourth-order valence-corrected chi connectivity index (χ4v) is 5.22. The summed E-state index contributed by atoms with van der Waals surface area (Å²) in [4.78, 5) is 15.4. The molecule has 1 amide bonds. The Hall–Kier alpha value is -3.10. The molecule has 2 aliphatic rings. The summed E-state index contributed by atoms with van der Waals surface area (Å²) < 4.78 is 42.6. The predicted molar refractivity (Wildman–Crippen MR) is 112 cm³/mol. The topological polar surface area (TPSA) is 56.0 Å². The van der Waals surface area contributed by atoms with Gasteiger partial charge >= 0.3 is 6.18 Å². The third kappa shape index (κ3) is 3.22. The highest BCUT2D eigenvalue weighted by Gasteiger charge is 2.44. The van der Waals surface area contributed by atoms with Gasteiger partial charge in [0.05, 0.1) is 23.1 Å². The van der Waals surface area contributed by atoms with Crippen molar-refractivity contribution in [2.45, 2.75) is 50.9 Å². The first-order valence-electron chi connectivity index (χ1n) is 10.7. The van der Waals surface area contributed by atoms with Crippen LogP contribution >= 0.6 is 0 Å². The minimum absolute atomic E-state index is 0.00692. The average Bonchev–Trinajstić information content (AvgIpc) is 3.26. The lowest BCUT2D eigenvalue weighted by Gasteiger charge is -2.45. The third-order valence-corrected chi connectivity index (χ3v) is 6.59. The molecular weight excluding hydrogens is 419 g/mol. The molecule has 4 heterocycles. The van der Waals surface area contributed by atoms with Crippen molar-refractivity contribution in [3.8, 4) is 11.4 Å². The fourth-order valence-electron chi connectivity index (χ4n) is 5.22. The molecule has 2 aliphatic heterocycles. The highest BCUT2D eigenvalue weighted by molar-refractivity contribution is 5.95. The van der Waals surface area contributed by atoms with Crippen LogP contribution in [0.2, 0.25) is 0 Å². The van der Waals surface area contributed by atoms with Crippen LogP contribution in [0, 0.1) is 6.92 Å². The molecule has 0 unspecified atom stereocenters.